The van der Waals surface area contributed by atoms with Gasteiger partial charge in [-0.1, -0.05) is 13.0 Å². The van der Waals surface area contributed by atoms with E-state index in [-0.39, 0.29) is 11.6 Å². The van der Waals surface area contributed by atoms with E-state index in [2.05, 4.69) is 12.2 Å². The lowest BCUT2D eigenvalue weighted by Crippen LogP contribution is -2.38. The molecule has 1 heterocycles. The number of hydrogen-bond acceptors (Lipinski definition) is 2. The molecule has 1 saturated carbocycles. The van der Waals surface area contributed by atoms with E-state index in [1.807, 2.05) is 0 Å². The van der Waals surface area contributed by atoms with Gasteiger partial charge in [0.15, 0.2) is 0 Å². The van der Waals surface area contributed by atoms with Gasteiger partial charge in [-0.3, -0.25) is 0 Å². The van der Waals surface area contributed by atoms with E-state index >= 15 is 0 Å². The normalized spacial score (nSPS) is 23.9. The minimum atomic E-state index is -0.933. The second-order valence-electron chi connectivity index (χ2n) is 5.41. The first-order valence-electron chi connectivity index (χ1n) is 6.45. The van der Waals surface area contributed by atoms with Gasteiger partial charge >= 0.3 is 12.0 Å². The van der Waals surface area contributed by atoms with Crippen molar-refractivity contribution in [2.45, 2.75) is 32.5 Å². The number of carboxylic acids is 1. The number of carbonyl (C=O) groups excluding carboxylic acids is 1. The Kier molecular flexibility index (Phi) is 2.69. The Bertz CT molecular complexity index is 556. The third kappa shape index (κ3) is 2.28. The van der Waals surface area contributed by atoms with Gasteiger partial charge in [-0.25, -0.2) is 9.59 Å². The molecule has 5 nitrogen and oxygen atoms in total. The van der Waals surface area contributed by atoms with Crippen molar-refractivity contribution in [1.82, 2.24) is 10.2 Å². The van der Waals surface area contributed by atoms with Crippen LogP contribution in [0.1, 0.15) is 34.8 Å². The number of benzene rings is 1. The van der Waals surface area contributed by atoms with E-state index in [0.29, 0.717) is 25.0 Å². The molecule has 1 fully saturated rings. The Hall–Kier alpha value is -2.04. The van der Waals surface area contributed by atoms with Gasteiger partial charge in [0.05, 0.1) is 5.56 Å². The van der Waals surface area contributed by atoms with E-state index in [4.69, 9.17) is 5.11 Å². The van der Waals surface area contributed by atoms with Crippen molar-refractivity contribution >= 4 is 12.0 Å². The SMILES string of the molecule is CC1CC1NC(=O)N1Cc2ccc(C(=O)O)cc2C1. The lowest BCUT2D eigenvalue weighted by Gasteiger charge is -2.16. The Morgan fingerprint density at radius 1 is 1.32 bits per heavy atom. The summed E-state index contributed by atoms with van der Waals surface area (Å²) in [6, 6.07) is 5.30. The van der Waals surface area contributed by atoms with Gasteiger partial charge in [0.1, 0.15) is 0 Å². The summed E-state index contributed by atoms with van der Waals surface area (Å²) in [4.78, 5) is 24.7. The average molecular weight is 260 g/mol. The monoisotopic (exact) mass is 260 g/mol. The molecule has 1 aromatic carbocycles. The first-order chi connectivity index (χ1) is 9.04. The third-order valence-electron chi connectivity index (χ3n) is 3.88. The Balaban J connectivity index is 1.69. The molecule has 2 aliphatic rings. The number of urea groups is 1. The molecule has 0 aromatic heterocycles. The molecular weight excluding hydrogens is 244 g/mol. The molecule has 2 N–H and O–H groups in total. The Morgan fingerprint density at radius 2 is 2.00 bits per heavy atom. The minimum absolute atomic E-state index is 0.0533. The zero-order valence-electron chi connectivity index (χ0n) is 10.7. The minimum Gasteiger partial charge on any atom is -0.478 e. The zero-order valence-corrected chi connectivity index (χ0v) is 10.7. The van der Waals surface area contributed by atoms with Crippen molar-refractivity contribution in [2.75, 3.05) is 0 Å². The number of carboxylic acid groups (broad SMARTS) is 1. The maximum atomic E-state index is 12.0. The predicted molar refractivity (Wildman–Crippen MR) is 68.7 cm³/mol. The molecule has 2 unspecified atom stereocenters. The number of nitrogens with one attached hydrogen (secondary N) is 1. The van der Waals surface area contributed by atoms with Crippen molar-refractivity contribution in [3.05, 3.63) is 34.9 Å². The first-order valence-corrected chi connectivity index (χ1v) is 6.45. The maximum absolute atomic E-state index is 12.0. The van der Waals surface area contributed by atoms with Gasteiger partial charge in [0, 0.05) is 19.1 Å². The summed E-state index contributed by atoms with van der Waals surface area (Å²) in [7, 11) is 0. The van der Waals surface area contributed by atoms with E-state index in [9.17, 15) is 9.59 Å². The molecule has 1 aromatic rings. The van der Waals surface area contributed by atoms with Crippen LogP contribution in [0, 0.1) is 5.92 Å². The van der Waals surface area contributed by atoms with Crippen molar-refractivity contribution in [3.63, 3.8) is 0 Å². The van der Waals surface area contributed by atoms with E-state index in [0.717, 1.165) is 17.5 Å². The van der Waals surface area contributed by atoms with Crippen LogP contribution >= 0.6 is 0 Å². The topological polar surface area (TPSA) is 69.6 Å². The molecule has 19 heavy (non-hydrogen) atoms. The number of aromatic carboxylic acids is 1. The third-order valence-corrected chi connectivity index (χ3v) is 3.88. The van der Waals surface area contributed by atoms with Gasteiger partial charge in [-0.2, -0.15) is 0 Å². The highest BCUT2D eigenvalue weighted by molar-refractivity contribution is 5.88. The van der Waals surface area contributed by atoms with Crippen molar-refractivity contribution in [3.8, 4) is 0 Å². The molecule has 100 valence electrons. The molecule has 0 bridgehead atoms. The summed E-state index contributed by atoms with van der Waals surface area (Å²) in [5.41, 5.74) is 2.24. The second-order valence-corrected chi connectivity index (χ2v) is 5.41. The van der Waals surface area contributed by atoms with Gasteiger partial charge in [-0.15, -0.1) is 0 Å². The quantitative estimate of drug-likeness (QED) is 0.852. The average Bonchev–Trinajstić information content (AvgIpc) is 2.92. The smallest absolute Gasteiger partial charge is 0.335 e. The standard InChI is InChI=1S/C14H16N2O3/c1-8-4-12(8)15-14(19)16-6-10-3-2-9(13(17)18)5-11(10)7-16/h2-3,5,8,12H,4,6-7H2,1H3,(H,15,19)(H,17,18). The van der Waals surface area contributed by atoms with Crippen LogP contribution in [0.5, 0.6) is 0 Å². The van der Waals surface area contributed by atoms with Gasteiger partial charge < -0.3 is 15.3 Å². The summed E-state index contributed by atoms with van der Waals surface area (Å²) in [6.07, 6.45) is 1.05. The zero-order chi connectivity index (χ0) is 13.6. The van der Waals surface area contributed by atoms with Crippen LogP contribution < -0.4 is 5.32 Å². The number of rotatable bonds is 2. The number of carbonyl (C=O) groups is 2. The molecule has 0 spiro atoms. The number of nitrogens with zero attached hydrogens (tertiary/aromatic N) is 1. The molecular formula is C14H16N2O3. The molecule has 5 heteroatoms. The van der Waals surface area contributed by atoms with Crippen molar-refractivity contribution in [2.24, 2.45) is 5.92 Å². The second kappa shape index (κ2) is 4.26. The summed E-state index contributed by atoms with van der Waals surface area (Å²) in [6.45, 7) is 3.16. The van der Waals surface area contributed by atoms with E-state index in [1.165, 1.54) is 0 Å². The Morgan fingerprint density at radius 3 is 2.63 bits per heavy atom. The lowest BCUT2D eigenvalue weighted by atomic mass is 10.1. The van der Waals surface area contributed by atoms with Crippen LogP contribution in [0.4, 0.5) is 4.79 Å². The molecule has 3 rings (SSSR count). The van der Waals surface area contributed by atoms with E-state index < -0.39 is 5.97 Å². The van der Waals surface area contributed by atoms with Crippen LogP contribution in [0.3, 0.4) is 0 Å². The number of fused-ring (bicyclic) bond motifs is 1. The lowest BCUT2D eigenvalue weighted by molar-refractivity contribution is 0.0696. The van der Waals surface area contributed by atoms with Crippen LogP contribution in [0.2, 0.25) is 0 Å². The molecule has 0 saturated heterocycles. The highest BCUT2D eigenvalue weighted by atomic mass is 16.4. The molecule has 2 amide bonds. The summed E-state index contributed by atoms with van der Waals surface area (Å²) in [5.74, 6) is -0.356. The Labute approximate surface area is 111 Å². The molecule has 2 atom stereocenters. The number of hydrogen-bond donors (Lipinski definition) is 2. The van der Waals surface area contributed by atoms with Crippen LogP contribution in [-0.2, 0) is 13.1 Å². The summed E-state index contributed by atoms with van der Waals surface area (Å²) >= 11 is 0. The van der Waals surface area contributed by atoms with Crippen molar-refractivity contribution < 1.29 is 14.7 Å². The highest BCUT2D eigenvalue weighted by Gasteiger charge is 2.35. The van der Waals surface area contributed by atoms with Crippen LogP contribution in [-0.4, -0.2) is 28.0 Å². The first kappa shape index (κ1) is 12.0. The van der Waals surface area contributed by atoms with Gasteiger partial charge in [0.2, 0.25) is 0 Å². The number of amides is 2. The predicted octanol–water partition coefficient (Wildman–Crippen LogP) is 1.82. The van der Waals surface area contributed by atoms with Crippen molar-refractivity contribution in [1.29, 1.82) is 0 Å². The summed E-state index contributed by atoms with van der Waals surface area (Å²) < 4.78 is 0. The van der Waals surface area contributed by atoms with Crippen LogP contribution in [0.15, 0.2) is 18.2 Å². The molecule has 1 aliphatic heterocycles. The maximum Gasteiger partial charge on any atom is 0.335 e. The largest absolute Gasteiger partial charge is 0.478 e. The van der Waals surface area contributed by atoms with Gasteiger partial charge in [0.25, 0.3) is 0 Å². The molecule has 0 radical (unpaired) electrons. The van der Waals surface area contributed by atoms with Gasteiger partial charge in [-0.05, 0) is 35.6 Å². The van der Waals surface area contributed by atoms with Crippen LogP contribution in [0.25, 0.3) is 0 Å². The highest BCUT2D eigenvalue weighted by Crippen LogP contribution is 2.30. The fourth-order valence-corrected chi connectivity index (χ4v) is 2.44. The fourth-order valence-electron chi connectivity index (χ4n) is 2.44. The molecule has 1 aliphatic carbocycles. The summed E-state index contributed by atoms with van der Waals surface area (Å²) in [5, 5.41) is 11.9. The fraction of sp³-hybridized carbons (Fsp3) is 0.429. The van der Waals surface area contributed by atoms with E-state index in [1.54, 1.807) is 23.1 Å².